The Kier molecular flexibility index (Phi) is 5.10. The lowest BCUT2D eigenvalue weighted by Crippen LogP contribution is -2.24. The Hall–Kier alpha value is -2.58. The number of aliphatic imine (C=N–C) groups is 1. The number of amides is 1. The van der Waals surface area contributed by atoms with Crippen LogP contribution < -0.4 is 16.8 Å². The van der Waals surface area contributed by atoms with Gasteiger partial charge in [-0.3, -0.25) is 4.79 Å². The van der Waals surface area contributed by atoms with Crippen molar-refractivity contribution in [3.63, 3.8) is 0 Å². The number of rotatable bonds is 4. The van der Waals surface area contributed by atoms with Crippen molar-refractivity contribution in [1.82, 2.24) is 0 Å². The number of sulfone groups is 1. The number of para-hydroxylation sites is 1. The third-order valence-electron chi connectivity index (χ3n) is 2.97. The molecule has 24 heavy (non-hydrogen) atoms. The fraction of sp³-hybridized carbons (Fsp3) is 0.0667. The average molecular weight is 367 g/mol. The van der Waals surface area contributed by atoms with Gasteiger partial charge in [0.1, 0.15) is 0 Å². The molecule has 0 saturated carbocycles. The van der Waals surface area contributed by atoms with Crippen molar-refractivity contribution < 1.29 is 13.2 Å². The number of anilines is 2. The first-order chi connectivity index (χ1) is 11.2. The van der Waals surface area contributed by atoms with Gasteiger partial charge in [-0.05, 0) is 24.3 Å². The largest absolute Gasteiger partial charge is 0.370 e. The van der Waals surface area contributed by atoms with Crippen molar-refractivity contribution in [2.24, 2.45) is 16.5 Å². The molecule has 2 rings (SSSR count). The summed E-state index contributed by atoms with van der Waals surface area (Å²) in [5.41, 5.74) is 11.1. The summed E-state index contributed by atoms with van der Waals surface area (Å²) in [6.45, 7) is 0. The van der Waals surface area contributed by atoms with E-state index >= 15 is 0 Å². The van der Waals surface area contributed by atoms with Gasteiger partial charge in [0.25, 0.3) is 5.91 Å². The molecule has 0 aliphatic rings. The van der Waals surface area contributed by atoms with Crippen molar-refractivity contribution in [3.8, 4) is 0 Å². The summed E-state index contributed by atoms with van der Waals surface area (Å²) in [7, 11) is -3.67. The van der Waals surface area contributed by atoms with Gasteiger partial charge in [0.2, 0.25) is 0 Å². The molecule has 0 bridgehead atoms. The van der Waals surface area contributed by atoms with E-state index in [9.17, 15) is 13.2 Å². The lowest BCUT2D eigenvalue weighted by molar-refractivity contribution is 0.100. The van der Waals surface area contributed by atoms with Crippen molar-refractivity contribution in [2.75, 3.05) is 11.6 Å². The third kappa shape index (κ3) is 4.24. The standard InChI is InChI=1S/C15H15ClN4O3S/c1-24(22,23)12-8-9(14(21)20-15(17)18)7-11(16)13(12)19-10-5-3-2-4-6-10/h2-8,19H,1H3,(H4,17,18,20,21). The third-order valence-corrected chi connectivity index (χ3v) is 4.39. The zero-order valence-electron chi connectivity index (χ0n) is 12.7. The minimum Gasteiger partial charge on any atom is -0.370 e. The first-order valence-electron chi connectivity index (χ1n) is 6.68. The number of benzene rings is 2. The van der Waals surface area contributed by atoms with E-state index in [-0.39, 0.29) is 21.2 Å². The van der Waals surface area contributed by atoms with Crippen LogP contribution in [0.3, 0.4) is 0 Å². The smallest absolute Gasteiger partial charge is 0.280 e. The molecule has 1 amide bonds. The fourth-order valence-corrected chi connectivity index (χ4v) is 3.16. The molecule has 0 heterocycles. The van der Waals surface area contributed by atoms with Crippen LogP contribution >= 0.6 is 11.6 Å². The van der Waals surface area contributed by atoms with Gasteiger partial charge < -0.3 is 16.8 Å². The van der Waals surface area contributed by atoms with E-state index in [1.165, 1.54) is 12.1 Å². The summed E-state index contributed by atoms with van der Waals surface area (Å²) in [5, 5.41) is 3.00. The normalized spacial score (nSPS) is 10.9. The molecule has 0 aliphatic heterocycles. The Labute approximate surface area is 144 Å². The molecular weight excluding hydrogens is 352 g/mol. The minimum absolute atomic E-state index is 0.0348. The maximum absolute atomic E-state index is 12.1. The monoisotopic (exact) mass is 366 g/mol. The molecule has 0 spiro atoms. The van der Waals surface area contributed by atoms with Gasteiger partial charge >= 0.3 is 0 Å². The first kappa shape index (κ1) is 17.8. The van der Waals surface area contributed by atoms with Gasteiger partial charge in [0.15, 0.2) is 15.8 Å². The number of guanidine groups is 1. The quantitative estimate of drug-likeness (QED) is 0.560. The van der Waals surface area contributed by atoms with Crippen LogP contribution in [-0.2, 0) is 9.84 Å². The maximum Gasteiger partial charge on any atom is 0.280 e. The fourth-order valence-electron chi connectivity index (χ4n) is 1.97. The molecule has 2 aromatic rings. The number of carbonyl (C=O) groups is 1. The highest BCUT2D eigenvalue weighted by Crippen LogP contribution is 2.34. The van der Waals surface area contributed by atoms with Crippen molar-refractivity contribution >= 4 is 44.7 Å². The average Bonchev–Trinajstić information content (AvgIpc) is 2.48. The first-order valence-corrected chi connectivity index (χ1v) is 8.95. The number of nitrogens with one attached hydrogen (secondary N) is 1. The highest BCUT2D eigenvalue weighted by Gasteiger charge is 2.20. The summed E-state index contributed by atoms with van der Waals surface area (Å²) in [5.74, 6) is -1.21. The van der Waals surface area contributed by atoms with Crippen LogP contribution in [0.15, 0.2) is 52.4 Å². The lowest BCUT2D eigenvalue weighted by Gasteiger charge is -2.14. The SMILES string of the molecule is CS(=O)(=O)c1cc(C(=O)N=C(N)N)cc(Cl)c1Nc1ccccc1. The summed E-state index contributed by atoms with van der Waals surface area (Å²) < 4.78 is 24.2. The van der Waals surface area contributed by atoms with E-state index < -0.39 is 21.7 Å². The van der Waals surface area contributed by atoms with Crippen LogP contribution in [0, 0.1) is 0 Å². The molecule has 5 N–H and O–H groups in total. The Bertz CT molecular complexity index is 908. The van der Waals surface area contributed by atoms with Gasteiger partial charge in [0, 0.05) is 17.5 Å². The van der Waals surface area contributed by atoms with Gasteiger partial charge in [-0.1, -0.05) is 29.8 Å². The van der Waals surface area contributed by atoms with Crippen LogP contribution in [-0.4, -0.2) is 26.5 Å². The molecule has 0 atom stereocenters. The zero-order valence-corrected chi connectivity index (χ0v) is 14.2. The van der Waals surface area contributed by atoms with E-state index in [1.807, 2.05) is 6.07 Å². The highest BCUT2D eigenvalue weighted by atomic mass is 35.5. The van der Waals surface area contributed by atoms with Crippen LogP contribution in [0.25, 0.3) is 0 Å². The second kappa shape index (κ2) is 6.90. The molecule has 7 nitrogen and oxygen atoms in total. The predicted octanol–water partition coefficient (Wildman–Crippen LogP) is 1.90. The summed E-state index contributed by atoms with van der Waals surface area (Å²) in [6.07, 6.45) is 1.02. The van der Waals surface area contributed by atoms with Crippen molar-refractivity contribution in [1.29, 1.82) is 0 Å². The molecule has 9 heteroatoms. The van der Waals surface area contributed by atoms with Crippen molar-refractivity contribution in [3.05, 3.63) is 53.1 Å². The highest BCUT2D eigenvalue weighted by molar-refractivity contribution is 7.90. The molecule has 0 radical (unpaired) electrons. The number of nitrogens with zero attached hydrogens (tertiary/aromatic N) is 1. The van der Waals surface area contributed by atoms with Crippen LogP contribution in [0.4, 0.5) is 11.4 Å². The van der Waals surface area contributed by atoms with Gasteiger partial charge in [-0.15, -0.1) is 0 Å². The summed E-state index contributed by atoms with van der Waals surface area (Å²) in [6, 6.07) is 11.4. The second-order valence-corrected chi connectivity index (χ2v) is 7.33. The number of carbonyl (C=O) groups excluding carboxylic acids is 1. The van der Waals surface area contributed by atoms with E-state index in [0.717, 1.165) is 6.26 Å². The Morgan fingerprint density at radius 2 is 1.79 bits per heavy atom. The molecule has 0 aromatic heterocycles. The Morgan fingerprint density at radius 1 is 1.17 bits per heavy atom. The molecule has 0 fully saturated rings. The van der Waals surface area contributed by atoms with E-state index in [1.54, 1.807) is 24.3 Å². The Balaban J connectivity index is 2.59. The number of hydrogen-bond donors (Lipinski definition) is 3. The molecule has 0 aliphatic carbocycles. The van der Waals surface area contributed by atoms with Gasteiger partial charge in [0.05, 0.1) is 15.6 Å². The molecule has 2 aromatic carbocycles. The molecule has 126 valence electrons. The Morgan fingerprint density at radius 3 is 2.33 bits per heavy atom. The maximum atomic E-state index is 12.1. The van der Waals surface area contributed by atoms with E-state index in [2.05, 4.69) is 10.3 Å². The minimum atomic E-state index is -3.67. The second-order valence-electron chi connectivity index (χ2n) is 4.94. The van der Waals surface area contributed by atoms with Crippen LogP contribution in [0.1, 0.15) is 10.4 Å². The summed E-state index contributed by atoms with van der Waals surface area (Å²) in [4.78, 5) is 15.2. The molecular formula is C15H15ClN4O3S. The number of hydrogen-bond acceptors (Lipinski definition) is 4. The van der Waals surface area contributed by atoms with Crippen LogP contribution in [0.5, 0.6) is 0 Å². The van der Waals surface area contributed by atoms with Gasteiger partial charge in [-0.2, -0.15) is 4.99 Å². The van der Waals surface area contributed by atoms with E-state index in [4.69, 9.17) is 23.1 Å². The van der Waals surface area contributed by atoms with E-state index in [0.29, 0.717) is 5.69 Å². The van der Waals surface area contributed by atoms with Crippen molar-refractivity contribution in [2.45, 2.75) is 4.90 Å². The molecule has 0 unspecified atom stereocenters. The zero-order chi connectivity index (χ0) is 17.9. The summed E-state index contributed by atoms with van der Waals surface area (Å²) >= 11 is 6.18. The lowest BCUT2D eigenvalue weighted by atomic mass is 10.2. The topological polar surface area (TPSA) is 128 Å². The molecule has 0 saturated heterocycles. The van der Waals surface area contributed by atoms with Crippen LogP contribution in [0.2, 0.25) is 5.02 Å². The number of halogens is 1. The number of nitrogens with two attached hydrogens (primary N) is 2. The predicted molar refractivity (Wildman–Crippen MR) is 94.4 cm³/mol. The van der Waals surface area contributed by atoms with Gasteiger partial charge in [-0.25, -0.2) is 8.42 Å².